The molecule has 1 aliphatic heterocycles. The number of fused-ring (bicyclic) bond motifs is 3. The van der Waals surface area contributed by atoms with Crippen molar-refractivity contribution in [3.8, 4) is 0 Å². The van der Waals surface area contributed by atoms with Gasteiger partial charge in [-0.05, 0) is 49.7 Å². The average Bonchev–Trinajstić information content (AvgIpc) is 2.90. The number of carbonyl (C=O) groups is 3. The van der Waals surface area contributed by atoms with Gasteiger partial charge in [-0.1, -0.05) is 18.6 Å². The molecule has 2 saturated carbocycles. The lowest BCUT2D eigenvalue weighted by atomic mass is 9.65. The molecular formula is C21H27N3O3. The van der Waals surface area contributed by atoms with Crippen LogP contribution in [-0.4, -0.2) is 53.7 Å². The summed E-state index contributed by atoms with van der Waals surface area (Å²) in [4.78, 5) is 40.7. The maximum absolute atomic E-state index is 12.9. The average molecular weight is 369 g/mol. The van der Waals surface area contributed by atoms with Gasteiger partial charge in [0, 0.05) is 32.1 Å². The van der Waals surface area contributed by atoms with Crippen LogP contribution in [0.1, 0.15) is 52.8 Å². The number of hydrogen-bond donors (Lipinski definition) is 1. The van der Waals surface area contributed by atoms with E-state index in [0.717, 1.165) is 25.7 Å². The Labute approximate surface area is 159 Å². The highest BCUT2D eigenvalue weighted by Crippen LogP contribution is 2.42. The summed E-state index contributed by atoms with van der Waals surface area (Å²) in [7, 11) is 1.77. The lowest BCUT2D eigenvalue weighted by Crippen LogP contribution is -2.50. The molecule has 1 aromatic rings. The predicted molar refractivity (Wildman–Crippen MR) is 101 cm³/mol. The van der Waals surface area contributed by atoms with Gasteiger partial charge >= 0.3 is 0 Å². The van der Waals surface area contributed by atoms with Crippen molar-refractivity contribution in [2.75, 3.05) is 20.1 Å². The third-order valence-electron chi connectivity index (χ3n) is 6.68. The second-order valence-corrected chi connectivity index (χ2v) is 8.26. The Morgan fingerprint density at radius 1 is 1.11 bits per heavy atom. The van der Waals surface area contributed by atoms with E-state index in [4.69, 9.17) is 5.73 Å². The van der Waals surface area contributed by atoms with Crippen LogP contribution in [0.15, 0.2) is 24.3 Å². The zero-order valence-electron chi connectivity index (χ0n) is 15.8. The molecule has 1 aromatic carbocycles. The normalized spacial score (nSPS) is 29.6. The van der Waals surface area contributed by atoms with Crippen LogP contribution >= 0.6 is 0 Å². The Balaban J connectivity index is 1.36. The van der Waals surface area contributed by atoms with Crippen LogP contribution in [-0.2, 0) is 4.79 Å². The van der Waals surface area contributed by atoms with Crippen LogP contribution in [0.5, 0.6) is 0 Å². The first-order valence-electron chi connectivity index (χ1n) is 9.93. The first kappa shape index (κ1) is 18.2. The molecule has 0 spiro atoms. The third kappa shape index (κ3) is 3.16. The minimum Gasteiger partial charge on any atom is -0.344 e. The van der Waals surface area contributed by atoms with E-state index < -0.39 is 0 Å². The highest BCUT2D eigenvalue weighted by Gasteiger charge is 2.41. The van der Waals surface area contributed by atoms with Crippen LogP contribution in [0.4, 0.5) is 0 Å². The van der Waals surface area contributed by atoms with Gasteiger partial charge in [0.2, 0.25) is 5.91 Å². The molecule has 6 nitrogen and oxygen atoms in total. The fourth-order valence-corrected chi connectivity index (χ4v) is 5.10. The van der Waals surface area contributed by atoms with Crippen molar-refractivity contribution < 1.29 is 14.4 Å². The summed E-state index contributed by atoms with van der Waals surface area (Å²) in [6.07, 6.45) is 5.21. The lowest BCUT2D eigenvalue weighted by molar-refractivity contribution is -0.137. The molecule has 3 amide bonds. The molecule has 4 rings (SSSR count). The topological polar surface area (TPSA) is 83.7 Å². The zero-order valence-corrected chi connectivity index (χ0v) is 15.8. The smallest absolute Gasteiger partial charge is 0.261 e. The number of carbonyl (C=O) groups excluding carboxylic acids is 3. The van der Waals surface area contributed by atoms with Crippen LogP contribution in [0.3, 0.4) is 0 Å². The zero-order chi connectivity index (χ0) is 19.1. The number of rotatable bonds is 4. The highest BCUT2D eigenvalue weighted by molar-refractivity contribution is 6.21. The van der Waals surface area contributed by atoms with Gasteiger partial charge in [-0.2, -0.15) is 0 Å². The number of nitrogens with zero attached hydrogens (tertiary/aromatic N) is 2. The van der Waals surface area contributed by atoms with E-state index in [9.17, 15) is 14.4 Å². The minimum absolute atomic E-state index is 0.0206. The first-order chi connectivity index (χ1) is 13.0. The summed E-state index contributed by atoms with van der Waals surface area (Å²) in [5.74, 6) is 0.513. The van der Waals surface area contributed by atoms with Crippen LogP contribution < -0.4 is 5.73 Å². The van der Waals surface area contributed by atoms with E-state index in [1.165, 1.54) is 11.3 Å². The molecule has 6 heteroatoms. The van der Waals surface area contributed by atoms with Crippen molar-refractivity contribution in [1.82, 2.24) is 9.80 Å². The number of nitrogens with two attached hydrogens (primary N) is 1. The summed E-state index contributed by atoms with van der Waals surface area (Å²) in [5.41, 5.74) is 7.23. The van der Waals surface area contributed by atoms with Crippen LogP contribution in [0, 0.1) is 17.8 Å². The van der Waals surface area contributed by atoms with Crippen LogP contribution in [0.25, 0.3) is 0 Å². The van der Waals surface area contributed by atoms with Gasteiger partial charge in [-0.3, -0.25) is 19.3 Å². The molecule has 2 bridgehead atoms. The monoisotopic (exact) mass is 369 g/mol. The Kier molecular flexibility index (Phi) is 4.76. The standard InChI is InChI=1S/C21H27N3O3/c1-23(19(25)15-11-13-5-4-6-14(12-15)18(13)22)9-10-24-20(26)16-7-2-3-8-17(16)21(24)27/h2-3,7-8,13-15,18H,4-6,9-12,22H2,1H3. The maximum Gasteiger partial charge on any atom is 0.261 e. The Bertz CT molecular complexity index is 729. The fraction of sp³-hybridized carbons (Fsp3) is 0.571. The third-order valence-corrected chi connectivity index (χ3v) is 6.68. The molecule has 0 aromatic heterocycles. The Hall–Kier alpha value is -2.21. The number of amides is 3. The first-order valence-corrected chi connectivity index (χ1v) is 9.93. The number of benzene rings is 1. The van der Waals surface area contributed by atoms with Gasteiger partial charge in [0.15, 0.2) is 0 Å². The van der Waals surface area contributed by atoms with Gasteiger partial charge in [-0.25, -0.2) is 0 Å². The molecule has 1 heterocycles. The van der Waals surface area contributed by atoms with Gasteiger partial charge in [0.05, 0.1) is 11.1 Å². The SMILES string of the molecule is CN(CCN1C(=O)c2ccccc2C1=O)C(=O)C1CC2CCCC(C1)C2N. The number of likely N-dealkylation sites (N-methyl/N-ethyl adjacent to an activating group) is 1. The van der Waals surface area contributed by atoms with Gasteiger partial charge in [-0.15, -0.1) is 0 Å². The van der Waals surface area contributed by atoms with Crippen molar-refractivity contribution in [2.45, 2.75) is 38.1 Å². The molecule has 0 radical (unpaired) electrons. The lowest BCUT2D eigenvalue weighted by Gasteiger charge is -2.44. The second-order valence-electron chi connectivity index (χ2n) is 8.26. The van der Waals surface area contributed by atoms with Gasteiger partial charge < -0.3 is 10.6 Å². The molecule has 2 unspecified atom stereocenters. The van der Waals surface area contributed by atoms with E-state index in [1.54, 1.807) is 36.2 Å². The molecule has 2 fully saturated rings. The Morgan fingerprint density at radius 3 is 2.22 bits per heavy atom. The van der Waals surface area contributed by atoms with E-state index in [2.05, 4.69) is 0 Å². The Morgan fingerprint density at radius 2 is 1.67 bits per heavy atom. The van der Waals surface area contributed by atoms with E-state index in [1.807, 2.05) is 0 Å². The van der Waals surface area contributed by atoms with E-state index in [-0.39, 0.29) is 36.2 Å². The molecule has 2 atom stereocenters. The van der Waals surface area contributed by atoms with Crippen molar-refractivity contribution in [1.29, 1.82) is 0 Å². The molecule has 2 aliphatic carbocycles. The molecule has 3 aliphatic rings. The number of imide groups is 1. The van der Waals surface area contributed by atoms with Crippen molar-refractivity contribution in [3.63, 3.8) is 0 Å². The molecule has 0 saturated heterocycles. The maximum atomic E-state index is 12.9. The second kappa shape index (κ2) is 7.08. The van der Waals surface area contributed by atoms with Gasteiger partial charge in [0.1, 0.15) is 0 Å². The minimum atomic E-state index is -0.269. The largest absolute Gasteiger partial charge is 0.344 e. The van der Waals surface area contributed by atoms with E-state index in [0.29, 0.717) is 29.5 Å². The van der Waals surface area contributed by atoms with Gasteiger partial charge in [0.25, 0.3) is 11.8 Å². The molecule has 144 valence electrons. The quantitative estimate of drug-likeness (QED) is 0.822. The summed E-state index contributed by atoms with van der Waals surface area (Å²) in [6.45, 7) is 0.593. The summed E-state index contributed by atoms with van der Waals surface area (Å²) < 4.78 is 0. The molecular weight excluding hydrogens is 342 g/mol. The summed E-state index contributed by atoms with van der Waals surface area (Å²) in [6, 6.07) is 7.11. The molecule has 27 heavy (non-hydrogen) atoms. The van der Waals surface area contributed by atoms with Crippen molar-refractivity contribution >= 4 is 17.7 Å². The fourth-order valence-electron chi connectivity index (χ4n) is 5.10. The van der Waals surface area contributed by atoms with Crippen LogP contribution in [0.2, 0.25) is 0 Å². The van der Waals surface area contributed by atoms with Crippen molar-refractivity contribution in [3.05, 3.63) is 35.4 Å². The summed E-state index contributed by atoms with van der Waals surface area (Å²) in [5, 5.41) is 0. The highest BCUT2D eigenvalue weighted by atomic mass is 16.2. The predicted octanol–water partition coefficient (Wildman–Crippen LogP) is 1.89. The number of hydrogen-bond acceptors (Lipinski definition) is 4. The molecule has 2 N–H and O–H groups in total. The summed E-state index contributed by atoms with van der Waals surface area (Å²) >= 11 is 0. The van der Waals surface area contributed by atoms with E-state index >= 15 is 0 Å². The van der Waals surface area contributed by atoms with Crippen molar-refractivity contribution in [2.24, 2.45) is 23.5 Å².